The maximum absolute atomic E-state index is 8.20. The van der Waals surface area contributed by atoms with Gasteiger partial charge in [-0.1, -0.05) is 5.16 Å². The van der Waals surface area contributed by atoms with E-state index in [1.54, 1.807) is 0 Å². The Balaban J connectivity index is 3.03. The number of nitrogens with zero attached hydrogens (tertiary/aromatic N) is 1. The third kappa shape index (κ3) is 1.18. The number of H-pyrrole nitrogens is 1. The van der Waals surface area contributed by atoms with Gasteiger partial charge in [-0.3, -0.25) is 0 Å². The first-order valence-corrected chi connectivity index (χ1v) is 3.07. The Labute approximate surface area is 59.4 Å². The van der Waals surface area contributed by atoms with Crippen molar-refractivity contribution in [3.8, 4) is 0 Å². The zero-order chi connectivity index (χ0) is 7.56. The van der Waals surface area contributed by atoms with Crippen molar-refractivity contribution in [2.75, 3.05) is 0 Å². The van der Waals surface area contributed by atoms with Crippen LogP contribution in [0.2, 0.25) is 0 Å². The quantitative estimate of drug-likeness (QED) is 0.344. The summed E-state index contributed by atoms with van der Waals surface area (Å²) in [5.74, 6) is 0. The maximum Gasteiger partial charge on any atom is 0.0899 e. The van der Waals surface area contributed by atoms with Gasteiger partial charge in [-0.15, -0.1) is 0 Å². The Morgan fingerprint density at radius 3 is 2.70 bits per heavy atom. The van der Waals surface area contributed by atoms with E-state index in [4.69, 9.17) is 5.21 Å². The monoisotopic (exact) mass is 138 g/mol. The minimum absolute atomic E-state index is 0.861. The van der Waals surface area contributed by atoms with Crippen LogP contribution in [-0.4, -0.2) is 16.4 Å². The summed E-state index contributed by atoms with van der Waals surface area (Å²) in [5.41, 5.74) is 3.03. The largest absolute Gasteiger partial charge is 0.411 e. The van der Waals surface area contributed by atoms with E-state index in [9.17, 15) is 0 Å². The molecule has 54 valence electrons. The highest BCUT2D eigenvalue weighted by Gasteiger charge is 1.96. The SMILES string of the molecule is Cc1cc(C)c(/C=N\O)[nH]1. The van der Waals surface area contributed by atoms with Crippen LogP contribution in [0.15, 0.2) is 11.2 Å². The van der Waals surface area contributed by atoms with Crippen molar-refractivity contribution in [2.24, 2.45) is 5.16 Å². The molecule has 0 saturated carbocycles. The van der Waals surface area contributed by atoms with Gasteiger partial charge < -0.3 is 10.2 Å². The van der Waals surface area contributed by atoms with Crippen molar-refractivity contribution in [3.05, 3.63) is 23.0 Å². The number of aromatic nitrogens is 1. The molecule has 10 heavy (non-hydrogen) atoms. The topological polar surface area (TPSA) is 48.4 Å². The van der Waals surface area contributed by atoms with Crippen LogP contribution in [0.25, 0.3) is 0 Å². The fraction of sp³-hybridized carbons (Fsp3) is 0.286. The highest BCUT2D eigenvalue weighted by molar-refractivity contribution is 5.78. The molecule has 0 atom stereocenters. The molecule has 0 unspecified atom stereocenters. The van der Waals surface area contributed by atoms with Gasteiger partial charge in [0.15, 0.2) is 0 Å². The van der Waals surface area contributed by atoms with Crippen molar-refractivity contribution in [1.82, 2.24) is 4.98 Å². The summed E-state index contributed by atoms with van der Waals surface area (Å²) in [6, 6.07) is 2.00. The number of hydrogen-bond acceptors (Lipinski definition) is 2. The fourth-order valence-electron chi connectivity index (χ4n) is 0.941. The van der Waals surface area contributed by atoms with Gasteiger partial charge in [0.25, 0.3) is 0 Å². The Hall–Kier alpha value is -1.25. The fourth-order valence-corrected chi connectivity index (χ4v) is 0.941. The normalized spacial score (nSPS) is 11.0. The van der Waals surface area contributed by atoms with Crippen LogP contribution in [-0.2, 0) is 0 Å². The van der Waals surface area contributed by atoms with Crippen LogP contribution in [0.5, 0.6) is 0 Å². The van der Waals surface area contributed by atoms with E-state index >= 15 is 0 Å². The van der Waals surface area contributed by atoms with E-state index in [0.29, 0.717) is 0 Å². The predicted molar refractivity (Wildman–Crippen MR) is 39.6 cm³/mol. The average Bonchev–Trinajstić information content (AvgIpc) is 2.13. The molecule has 0 amide bonds. The number of aryl methyl sites for hydroxylation is 2. The van der Waals surface area contributed by atoms with E-state index in [1.807, 2.05) is 19.9 Å². The summed E-state index contributed by atoms with van der Waals surface area (Å²) >= 11 is 0. The maximum atomic E-state index is 8.20. The molecule has 0 radical (unpaired) electrons. The van der Waals surface area contributed by atoms with Crippen LogP contribution in [0.3, 0.4) is 0 Å². The molecule has 0 fully saturated rings. The molecule has 0 aliphatic carbocycles. The van der Waals surface area contributed by atoms with Crippen LogP contribution < -0.4 is 0 Å². The second-order valence-electron chi connectivity index (χ2n) is 2.29. The summed E-state index contributed by atoms with van der Waals surface area (Å²) in [6.45, 7) is 3.92. The van der Waals surface area contributed by atoms with Crippen molar-refractivity contribution < 1.29 is 5.21 Å². The van der Waals surface area contributed by atoms with Gasteiger partial charge in [-0.05, 0) is 25.5 Å². The molecular formula is C7H10N2O. The molecule has 0 aliphatic heterocycles. The number of hydrogen-bond donors (Lipinski definition) is 2. The number of aromatic amines is 1. The van der Waals surface area contributed by atoms with Gasteiger partial charge in [-0.2, -0.15) is 0 Å². The van der Waals surface area contributed by atoms with Crippen LogP contribution in [0, 0.1) is 13.8 Å². The zero-order valence-electron chi connectivity index (χ0n) is 6.05. The molecule has 1 rings (SSSR count). The zero-order valence-corrected chi connectivity index (χ0v) is 6.05. The standard InChI is InChI=1S/C7H10N2O/c1-5-3-6(2)9-7(5)4-8-10/h3-4,9-10H,1-2H3/b8-4-. The summed E-state index contributed by atoms with van der Waals surface area (Å²) in [4.78, 5) is 3.04. The number of nitrogens with one attached hydrogen (secondary N) is 1. The second kappa shape index (κ2) is 2.56. The van der Waals surface area contributed by atoms with Crippen molar-refractivity contribution >= 4 is 6.21 Å². The highest BCUT2D eigenvalue weighted by Crippen LogP contribution is 2.05. The molecule has 0 saturated heterocycles. The lowest BCUT2D eigenvalue weighted by atomic mass is 10.3. The van der Waals surface area contributed by atoms with Gasteiger partial charge in [0.1, 0.15) is 0 Å². The number of rotatable bonds is 1. The lowest BCUT2D eigenvalue weighted by Crippen LogP contribution is -1.83. The molecular weight excluding hydrogens is 128 g/mol. The van der Waals surface area contributed by atoms with Crippen LogP contribution >= 0.6 is 0 Å². The van der Waals surface area contributed by atoms with Crippen molar-refractivity contribution in [3.63, 3.8) is 0 Å². The Morgan fingerprint density at radius 2 is 2.30 bits per heavy atom. The molecule has 1 heterocycles. The first-order valence-electron chi connectivity index (χ1n) is 3.07. The lowest BCUT2D eigenvalue weighted by Gasteiger charge is -1.85. The highest BCUT2D eigenvalue weighted by atomic mass is 16.4. The first-order chi connectivity index (χ1) is 4.74. The van der Waals surface area contributed by atoms with Gasteiger partial charge in [0, 0.05) is 5.69 Å². The second-order valence-corrected chi connectivity index (χ2v) is 2.29. The van der Waals surface area contributed by atoms with Crippen LogP contribution in [0.1, 0.15) is 17.0 Å². The smallest absolute Gasteiger partial charge is 0.0899 e. The summed E-state index contributed by atoms with van der Waals surface area (Å²) in [5, 5.41) is 11.1. The Bertz CT molecular complexity index is 250. The molecule has 0 spiro atoms. The molecule has 3 nitrogen and oxygen atoms in total. The van der Waals surface area contributed by atoms with E-state index in [1.165, 1.54) is 6.21 Å². The Kier molecular flexibility index (Phi) is 1.76. The molecule has 0 aromatic carbocycles. The first kappa shape index (κ1) is 6.86. The molecule has 0 bridgehead atoms. The van der Waals surface area contributed by atoms with E-state index in [2.05, 4.69) is 10.1 Å². The van der Waals surface area contributed by atoms with E-state index in [0.717, 1.165) is 17.0 Å². The minimum Gasteiger partial charge on any atom is -0.411 e. The molecule has 3 heteroatoms. The molecule has 0 aliphatic rings. The summed E-state index contributed by atoms with van der Waals surface area (Å²) in [7, 11) is 0. The summed E-state index contributed by atoms with van der Waals surface area (Å²) < 4.78 is 0. The lowest BCUT2D eigenvalue weighted by molar-refractivity contribution is 0.321. The van der Waals surface area contributed by atoms with E-state index < -0.39 is 0 Å². The van der Waals surface area contributed by atoms with Crippen molar-refractivity contribution in [1.29, 1.82) is 0 Å². The molecule has 2 N–H and O–H groups in total. The molecule has 1 aromatic heterocycles. The van der Waals surface area contributed by atoms with Crippen molar-refractivity contribution in [2.45, 2.75) is 13.8 Å². The average molecular weight is 138 g/mol. The predicted octanol–water partition coefficient (Wildman–Crippen LogP) is 1.44. The number of oxime groups is 1. The summed E-state index contributed by atoms with van der Waals surface area (Å²) in [6.07, 6.45) is 1.39. The van der Waals surface area contributed by atoms with Gasteiger partial charge in [0.2, 0.25) is 0 Å². The molecule has 1 aromatic rings. The third-order valence-corrected chi connectivity index (χ3v) is 1.38. The van der Waals surface area contributed by atoms with Gasteiger partial charge in [0.05, 0.1) is 11.9 Å². The van der Waals surface area contributed by atoms with Gasteiger partial charge >= 0.3 is 0 Å². The van der Waals surface area contributed by atoms with E-state index in [-0.39, 0.29) is 0 Å². The van der Waals surface area contributed by atoms with Crippen LogP contribution in [0.4, 0.5) is 0 Å². The third-order valence-electron chi connectivity index (χ3n) is 1.38. The Morgan fingerprint density at radius 1 is 1.60 bits per heavy atom. The minimum atomic E-state index is 0.861. The van der Waals surface area contributed by atoms with Gasteiger partial charge in [-0.25, -0.2) is 0 Å².